The fraction of sp³-hybridized carbons (Fsp3) is 0.933. The van der Waals surface area contributed by atoms with E-state index in [1.807, 2.05) is 0 Å². The van der Waals surface area contributed by atoms with Crippen molar-refractivity contribution in [2.45, 2.75) is 117 Å². The lowest BCUT2D eigenvalue weighted by Crippen LogP contribution is -2.66. The molecule has 5 unspecified atom stereocenters. The summed E-state index contributed by atoms with van der Waals surface area (Å²) >= 11 is 0. The van der Waals surface area contributed by atoms with Gasteiger partial charge in [0.1, 0.15) is 0 Å². The molecular weight excluding hydrogens is 471 g/mol. The van der Waals surface area contributed by atoms with Gasteiger partial charge in [-0.05, 0) is 105 Å². The van der Waals surface area contributed by atoms with E-state index in [4.69, 9.17) is 9.16 Å². The van der Waals surface area contributed by atoms with Gasteiger partial charge in [0, 0.05) is 18.8 Å². The smallest absolute Gasteiger partial charge is 0.305 e. The third kappa shape index (κ3) is 4.65. The van der Waals surface area contributed by atoms with Gasteiger partial charge in [-0.1, -0.05) is 34.1 Å². The minimum Gasteiger partial charge on any atom is -0.469 e. The van der Waals surface area contributed by atoms with E-state index < -0.39 is 14.5 Å². The van der Waals surface area contributed by atoms with Gasteiger partial charge in [-0.2, -0.15) is 0 Å². The molecule has 0 N–H and O–H groups in total. The van der Waals surface area contributed by atoms with Crippen molar-refractivity contribution in [1.82, 2.24) is 0 Å². The Labute approximate surface area is 220 Å². The third-order valence-electron chi connectivity index (χ3n) is 11.5. The summed E-state index contributed by atoms with van der Waals surface area (Å²) in [6.45, 7) is 16.1. The number of ether oxygens (including phenoxy) is 1. The number of halogens is 1. The fourth-order valence-electron chi connectivity index (χ4n) is 9.97. The predicted molar refractivity (Wildman–Crippen MR) is 144 cm³/mol. The van der Waals surface area contributed by atoms with Crippen LogP contribution in [0.4, 0.5) is 4.39 Å². The van der Waals surface area contributed by atoms with Crippen LogP contribution in [0.5, 0.6) is 0 Å². The van der Waals surface area contributed by atoms with Gasteiger partial charge in [0.2, 0.25) is 0 Å². The summed E-state index contributed by atoms with van der Waals surface area (Å²) in [4.78, 5) is 24.5. The Bertz CT molecular complexity index is 841. The van der Waals surface area contributed by atoms with E-state index >= 15 is 4.39 Å². The minimum atomic E-state index is -1.89. The summed E-state index contributed by atoms with van der Waals surface area (Å²) in [7, 11) is -0.420. The molecule has 0 heterocycles. The van der Waals surface area contributed by atoms with E-state index in [1.54, 1.807) is 0 Å². The molecule has 4 fully saturated rings. The lowest BCUT2D eigenvalue weighted by atomic mass is 9.41. The molecule has 0 aromatic rings. The van der Waals surface area contributed by atoms with Crippen LogP contribution in [0, 0.1) is 52.3 Å². The van der Waals surface area contributed by atoms with Crippen molar-refractivity contribution in [2.75, 3.05) is 7.11 Å². The van der Waals surface area contributed by atoms with Crippen molar-refractivity contribution in [3.63, 3.8) is 0 Å². The molecular formula is C30H51FO4Si. The van der Waals surface area contributed by atoms with Crippen molar-refractivity contribution >= 4 is 20.1 Å². The summed E-state index contributed by atoms with van der Waals surface area (Å²) in [5.74, 6) is 2.07. The van der Waals surface area contributed by atoms with Crippen LogP contribution in [0.1, 0.15) is 85.5 Å². The standard InChI is InChI=1S/C30H51FO4Si/c1-9-19-26-27(31)23(32)15-17-30(26,4)22-14-16-29(3)20(18(2)10-13-24(33)34-5)11-12-21(29)25(22)28(19)35-36(6,7)8/h18-22,25-28H,9-17H2,1-8H3/t18-,19-,20?,21?,22?,25?,26-,27+,28?,29-,30-/m1/s1. The molecule has 4 rings (SSSR count). The summed E-state index contributed by atoms with van der Waals surface area (Å²) in [6, 6.07) is 0. The van der Waals surface area contributed by atoms with Gasteiger partial charge in [-0.25, -0.2) is 4.39 Å². The molecule has 4 saturated carbocycles. The van der Waals surface area contributed by atoms with Gasteiger partial charge in [-0.3, -0.25) is 9.59 Å². The average molecular weight is 523 g/mol. The van der Waals surface area contributed by atoms with E-state index in [0.29, 0.717) is 42.4 Å². The van der Waals surface area contributed by atoms with Crippen LogP contribution < -0.4 is 0 Å². The zero-order chi connectivity index (χ0) is 26.6. The molecule has 0 spiro atoms. The Balaban J connectivity index is 1.71. The lowest BCUT2D eigenvalue weighted by molar-refractivity contribution is -0.203. The molecule has 0 radical (unpaired) electrons. The Morgan fingerprint density at radius 1 is 1.11 bits per heavy atom. The topological polar surface area (TPSA) is 52.6 Å². The number of carbonyl (C=O) groups is 2. The second-order valence-corrected chi connectivity index (χ2v) is 18.7. The molecule has 4 aliphatic carbocycles. The highest BCUT2D eigenvalue weighted by Gasteiger charge is 2.67. The van der Waals surface area contributed by atoms with E-state index in [1.165, 1.54) is 20.0 Å². The summed E-state index contributed by atoms with van der Waals surface area (Å²) in [5, 5.41) is 0. The second-order valence-electron chi connectivity index (χ2n) is 14.3. The largest absolute Gasteiger partial charge is 0.469 e. The van der Waals surface area contributed by atoms with Gasteiger partial charge in [-0.15, -0.1) is 0 Å². The number of alkyl halides is 1. The van der Waals surface area contributed by atoms with Crippen LogP contribution in [0.2, 0.25) is 19.6 Å². The van der Waals surface area contributed by atoms with E-state index in [9.17, 15) is 9.59 Å². The summed E-state index contributed by atoms with van der Waals surface area (Å²) in [5.41, 5.74) is 0.0900. The molecule has 0 aromatic heterocycles. The normalized spacial score (nSPS) is 45.4. The van der Waals surface area contributed by atoms with Gasteiger partial charge >= 0.3 is 5.97 Å². The first-order valence-electron chi connectivity index (χ1n) is 14.7. The number of hydrogen-bond donors (Lipinski definition) is 0. The first-order chi connectivity index (χ1) is 16.8. The number of rotatable bonds is 7. The number of carbonyl (C=O) groups excluding carboxylic acids is 2. The molecule has 0 saturated heterocycles. The predicted octanol–water partition coefficient (Wildman–Crippen LogP) is 7.22. The molecule has 0 bridgehead atoms. The second kappa shape index (κ2) is 10.1. The fourth-order valence-corrected chi connectivity index (χ4v) is 11.1. The SMILES string of the molecule is CC[C@H]1C(O[Si](C)(C)C)C2C3CCC([C@H](C)CCC(=O)OC)[C@@]3(C)CCC2[C@@]2(C)CCC(=O)[C@H](F)[C@@H]12. The third-order valence-corrected chi connectivity index (χ3v) is 12.5. The highest BCUT2D eigenvalue weighted by atomic mass is 28.4. The molecule has 4 nitrogen and oxygen atoms in total. The maximum atomic E-state index is 15.8. The number of ketones is 1. The maximum absolute atomic E-state index is 15.8. The summed E-state index contributed by atoms with van der Waals surface area (Å²) in [6.07, 6.45) is 6.83. The molecule has 4 aliphatic rings. The van der Waals surface area contributed by atoms with E-state index in [-0.39, 0.29) is 40.5 Å². The molecule has 36 heavy (non-hydrogen) atoms. The Morgan fingerprint density at radius 3 is 2.39 bits per heavy atom. The number of fused-ring (bicyclic) bond motifs is 5. The molecule has 11 atom stereocenters. The Hall–Kier alpha value is -0.753. The van der Waals surface area contributed by atoms with Gasteiger partial charge in [0.05, 0.1) is 13.2 Å². The molecule has 0 amide bonds. The molecule has 0 aliphatic heterocycles. The van der Waals surface area contributed by atoms with Crippen molar-refractivity contribution in [3.8, 4) is 0 Å². The van der Waals surface area contributed by atoms with Crippen LogP contribution in [-0.4, -0.2) is 39.5 Å². The summed E-state index contributed by atoms with van der Waals surface area (Å²) < 4.78 is 27.8. The lowest BCUT2D eigenvalue weighted by Gasteiger charge is -2.65. The van der Waals surface area contributed by atoms with Crippen LogP contribution in [-0.2, 0) is 18.8 Å². The number of methoxy groups -OCH3 is 1. The van der Waals surface area contributed by atoms with Crippen LogP contribution >= 0.6 is 0 Å². The number of Topliss-reactive ketones (excluding diaryl/α,β-unsaturated/α-hetero) is 1. The average Bonchev–Trinajstić information content (AvgIpc) is 3.17. The van der Waals surface area contributed by atoms with Crippen LogP contribution in [0.25, 0.3) is 0 Å². The Morgan fingerprint density at radius 2 is 1.78 bits per heavy atom. The minimum absolute atomic E-state index is 0.0441. The number of esters is 1. The Kier molecular flexibility index (Phi) is 7.92. The van der Waals surface area contributed by atoms with Crippen molar-refractivity contribution < 1.29 is 23.1 Å². The van der Waals surface area contributed by atoms with E-state index in [0.717, 1.165) is 32.1 Å². The molecule has 0 aromatic carbocycles. The molecule has 6 heteroatoms. The zero-order valence-corrected chi connectivity index (χ0v) is 25.1. The highest BCUT2D eigenvalue weighted by Crippen LogP contribution is 2.70. The zero-order valence-electron chi connectivity index (χ0n) is 24.1. The first kappa shape index (κ1) is 28.3. The van der Waals surface area contributed by atoms with Crippen molar-refractivity contribution in [1.29, 1.82) is 0 Å². The van der Waals surface area contributed by atoms with Gasteiger partial charge in [0.25, 0.3) is 0 Å². The van der Waals surface area contributed by atoms with Gasteiger partial charge in [0.15, 0.2) is 20.3 Å². The maximum Gasteiger partial charge on any atom is 0.305 e. The first-order valence-corrected chi connectivity index (χ1v) is 18.1. The highest BCUT2D eigenvalue weighted by molar-refractivity contribution is 6.69. The monoisotopic (exact) mass is 522 g/mol. The van der Waals surface area contributed by atoms with Crippen LogP contribution in [0.3, 0.4) is 0 Å². The quantitative estimate of drug-likeness (QED) is 0.262. The van der Waals surface area contributed by atoms with Crippen LogP contribution in [0.15, 0.2) is 0 Å². The van der Waals surface area contributed by atoms with Gasteiger partial charge < -0.3 is 9.16 Å². The van der Waals surface area contributed by atoms with E-state index in [2.05, 4.69) is 47.3 Å². The van der Waals surface area contributed by atoms with Crippen molar-refractivity contribution in [3.05, 3.63) is 0 Å². The van der Waals surface area contributed by atoms with Crippen molar-refractivity contribution in [2.24, 2.45) is 52.3 Å². The number of hydrogen-bond acceptors (Lipinski definition) is 4. The molecule has 206 valence electrons.